The van der Waals surface area contributed by atoms with E-state index in [-0.39, 0.29) is 6.10 Å². The summed E-state index contributed by atoms with van der Waals surface area (Å²) in [6, 6.07) is 7.95. The predicted octanol–water partition coefficient (Wildman–Crippen LogP) is 3.87. The van der Waals surface area contributed by atoms with Gasteiger partial charge in [0.2, 0.25) is 5.88 Å². The molecule has 0 saturated heterocycles. The van der Waals surface area contributed by atoms with Crippen LogP contribution in [-0.2, 0) is 17.8 Å². The van der Waals surface area contributed by atoms with Gasteiger partial charge in [-0.15, -0.1) is 0 Å². The highest BCUT2D eigenvalue weighted by atomic mass is 35.5. The summed E-state index contributed by atoms with van der Waals surface area (Å²) in [4.78, 5) is 4.27. The zero-order valence-corrected chi connectivity index (χ0v) is 12.3. The normalized spacial score (nSPS) is 17.6. The number of nitrogens with zero attached hydrogens (tertiary/aromatic N) is 1. The van der Waals surface area contributed by atoms with E-state index in [0.717, 1.165) is 28.1 Å². The van der Waals surface area contributed by atoms with Gasteiger partial charge < -0.3 is 9.47 Å². The molecule has 2 aromatic rings. The molecule has 4 heteroatoms. The molecule has 1 aliphatic rings. The molecule has 1 aromatic carbocycles. The number of fused-ring (bicyclic) bond motifs is 3. The molecule has 0 N–H and O–H groups in total. The van der Waals surface area contributed by atoms with Crippen molar-refractivity contribution in [3.63, 3.8) is 0 Å². The van der Waals surface area contributed by atoms with Crippen LogP contribution >= 0.6 is 11.6 Å². The largest absolute Gasteiger partial charge is 0.481 e. The summed E-state index contributed by atoms with van der Waals surface area (Å²) in [6.07, 6.45) is 2.86. The second kappa shape index (κ2) is 5.43. The minimum Gasteiger partial charge on any atom is -0.481 e. The van der Waals surface area contributed by atoms with Gasteiger partial charge in [-0.05, 0) is 42.2 Å². The molecule has 0 aliphatic carbocycles. The Balaban J connectivity index is 2.22. The van der Waals surface area contributed by atoms with Crippen LogP contribution in [0.3, 0.4) is 0 Å². The number of halogens is 1. The summed E-state index contributed by atoms with van der Waals surface area (Å²) in [5.41, 5.74) is 4.52. The lowest BCUT2D eigenvalue weighted by Gasteiger charge is -2.22. The third-order valence-electron chi connectivity index (χ3n) is 3.56. The van der Waals surface area contributed by atoms with Gasteiger partial charge in [0.1, 0.15) is 0 Å². The highest BCUT2D eigenvalue weighted by Crippen LogP contribution is 2.34. The molecule has 1 unspecified atom stereocenters. The third-order valence-corrected chi connectivity index (χ3v) is 3.80. The number of pyridine rings is 1. The van der Waals surface area contributed by atoms with Crippen LogP contribution in [0.25, 0.3) is 11.1 Å². The Morgan fingerprint density at radius 3 is 2.85 bits per heavy atom. The highest BCUT2D eigenvalue weighted by Gasteiger charge is 2.18. The molecular formula is C16H16ClNO2. The number of methoxy groups -OCH3 is 1. The Bertz CT molecular complexity index is 642. The van der Waals surface area contributed by atoms with E-state index >= 15 is 0 Å². The lowest BCUT2D eigenvalue weighted by Crippen LogP contribution is -2.15. The van der Waals surface area contributed by atoms with E-state index in [1.165, 1.54) is 5.56 Å². The molecular weight excluding hydrogens is 274 g/mol. The Morgan fingerprint density at radius 1 is 1.25 bits per heavy atom. The van der Waals surface area contributed by atoms with Gasteiger partial charge in [0, 0.05) is 22.8 Å². The SMILES string of the molecule is COc1cc2c(cn1)COC(C)Cc1ccc(Cl)cc1-2. The molecule has 1 atom stereocenters. The average Bonchev–Trinajstić information content (AvgIpc) is 2.45. The van der Waals surface area contributed by atoms with Crippen molar-refractivity contribution < 1.29 is 9.47 Å². The van der Waals surface area contributed by atoms with E-state index in [4.69, 9.17) is 21.1 Å². The van der Waals surface area contributed by atoms with Crippen LogP contribution < -0.4 is 4.74 Å². The summed E-state index contributed by atoms with van der Waals surface area (Å²) in [7, 11) is 1.62. The standard InChI is InChI=1S/C16H16ClNO2/c1-10-5-11-3-4-13(17)6-14(11)15-7-16(19-2)18-8-12(15)9-20-10/h3-4,6-8,10H,5,9H2,1-2H3. The molecule has 0 saturated carbocycles. The first kappa shape index (κ1) is 13.4. The van der Waals surface area contributed by atoms with E-state index < -0.39 is 0 Å². The number of aromatic nitrogens is 1. The Morgan fingerprint density at radius 2 is 2.05 bits per heavy atom. The molecule has 0 amide bonds. The van der Waals surface area contributed by atoms with E-state index in [1.54, 1.807) is 7.11 Å². The summed E-state index contributed by atoms with van der Waals surface area (Å²) >= 11 is 6.17. The zero-order chi connectivity index (χ0) is 14.1. The Hall–Kier alpha value is -1.58. The fraction of sp³-hybridized carbons (Fsp3) is 0.312. The first-order chi connectivity index (χ1) is 9.67. The second-order valence-corrected chi connectivity index (χ2v) is 5.45. The van der Waals surface area contributed by atoms with Crippen LogP contribution in [0.1, 0.15) is 18.1 Å². The molecule has 0 spiro atoms. The minimum absolute atomic E-state index is 0.171. The molecule has 20 heavy (non-hydrogen) atoms. The van der Waals surface area contributed by atoms with Crippen LogP contribution in [0, 0.1) is 0 Å². The van der Waals surface area contributed by atoms with Gasteiger partial charge in [0.15, 0.2) is 0 Å². The molecule has 1 aliphatic heterocycles. The maximum atomic E-state index is 6.17. The Labute approximate surface area is 123 Å². The van der Waals surface area contributed by atoms with Gasteiger partial charge in [-0.25, -0.2) is 4.98 Å². The van der Waals surface area contributed by atoms with Crippen molar-refractivity contribution in [3.05, 3.63) is 46.6 Å². The van der Waals surface area contributed by atoms with Gasteiger partial charge in [0.25, 0.3) is 0 Å². The number of hydrogen-bond acceptors (Lipinski definition) is 3. The lowest BCUT2D eigenvalue weighted by molar-refractivity contribution is 0.0528. The molecule has 3 rings (SSSR count). The quantitative estimate of drug-likeness (QED) is 0.798. The van der Waals surface area contributed by atoms with Crippen LogP contribution in [0.2, 0.25) is 5.02 Å². The summed E-state index contributed by atoms with van der Waals surface area (Å²) in [5.74, 6) is 0.600. The van der Waals surface area contributed by atoms with Crippen molar-refractivity contribution in [1.82, 2.24) is 4.98 Å². The molecule has 0 fully saturated rings. The topological polar surface area (TPSA) is 31.4 Å². The number of benzene rings is 1. The number of hydrogen-bond donors (Lipinski definition) is 0. The maximum Gasteiger partial charge on any atom is 0.213 e. The third kappa shape index (κ3) is 2.51. The fourth-order valence-electron chi connectivity index (χ4n) is 2.52. The lowest BCUT2D eigenvalue weighted by atomic mass is 9.93. The van der Waals surface area contributed by atoms with Crippen LogP contribution in [-0.4, -0.2) is 18.2 Å². The van der Waals surface area contributed by atoms with Gasteiger partial charge >= 0.3 is 0 Å². The Kier molecular flexibility index (Phi) is 3.64. The summed E-state index contributed by atoms with van der Waals surface area (Å²) < 4.78 is 11.1. The number of rotatable bonds is 1. The van der Waals surface area contributed by atoms with E-state index in [1.807, 2.05) is 24.4 Å². The minimum atomic E-state index is 0.171. The average molecular weight is 290 g/mol. The van der Waals surface area contributed by atoms with Crippen molar-refractivity contribution in [3.8, 4) is 17.0 Å². The van der Waals surface area contributed by atoms with E-state index in [0.29, 0.717) is 12.5 Å². The van der Waals surface area contributed by atoms with Gasteiger partial charge in [-0.1, -0.05) is 17.7 Å². The summed E-state index contributed by atoms with van der Waals surface area (Å²) in [5, 5.41) is 0.736. The van der Waals surface area contributed by atoms with Crippen molar-refractivity contribution in [2.45, 2.75) is 26.1 Å². The van der Waals surface area contributed by atoms with Crippen LogP contribution in [0.5, 0.6) is 5.88 Å². The van der Waals surface area contributed by atoms with Crippen molar-refractivity contribution in [2.24, 2.45) is 0 Å². The fourth-order valence-corrected chi connectivity index (χ4v) is 2.69. The molecule has 3 nitrogen and oxygen atoms in total. The first-order valence-corrected chi connectivity index (χ1v) is 6.98. The van der Waals surface area contributed by atoms with Crippen molar-refractivity contribution >= 4 is 11.6 Å². The first-order valence-electron chi connectivity index (χ1n) is 6.60. The summed E-state index contributed by atoms with van der Waals surface area (Å²) in [6.45, 7) is 2.64. The van der Waals surface area contributed by atoms with E-state index in [9.17, 15) is 0 Å². The van der Waals surface area contributed by atoms with E-state index in [2.05, 4.69) is 18.0 Å². The van der Waals surface area contributed by atoms with Gasteiger partial charge in [0.05, 0.1) is 19.8 Å². The molecule has 2 heterocycles. The monoisotopic (exact) mass is 289 g/mol. The maximum absolute atomic E-state index is 6.17. The molecule has 0 bridgehead atoms. The zero-order valence-electron chi connectivity index (χ0n) is 11.5. The smallest absolute Gasteiger partial charge is 0.213 e. The molecule has 1 aromatic heterocycles. The van der Waals surface area contributed by atoms with Crippen LogP contribution in [0.15, 0.2) is 30.5 Å². The van der Waals surface area contributed by atoms with Gasteiger partial charge in [-0.2, -0.15) is 0 Å². The molecule has 0 radical (unpaired) electrons. The predicted molar refractivity (Wildman–Crippen MR) is 79.2 cm³/mol. The number of ether oxygens (including phenoxy) is 2. The van der Waals surface area contributed by atoms with Crippen molar-refractivity contribution in [1.29, 1.82) is 0 Å². The molecule has 104 valence electrons. The van der Waals surface area contributed by atoms with Crippen LogP contribution in [0.4, 0.5) is 0 Å². The van der Waals surface area contributed by atoms with Gasteiger partial charge in [-0.3, -0.25) is 0 Å². The second-order valence-electron chi connectivity index (χ2n) is 5.01. The van der Waals surface area contributed by atoms with Crippen molar-refractivity contribution in [2.75, 3.05) is 7.11 Å². The highest BCUT2D eigenvalue weighted by molar-refractivity contribution is 6.30.